The molecule has 154 valence electrons. The summed E-state index contributed by atoms with van der Waals surface area (Å²) in [6.45, 7) is 5.95. The highest BCUT2D eigenvalue weighted by atomic mass is 16.6. The van der Waals surface area contributed by atoms with E-state index in [1.165, 1.54) is 7.05 Å². The van der Waals surface area contributed by atoms with Gasteiger partial charge < -0.3 is 14.8 Å². The number of carbonyl (C=O) groups is 3. The monoisotopic (exact) mass is 398 g/mol. The minimum absolute atomic E-state index is 0.0124. The maximum atomic E-state index is 12.4. The van der Waals surface area contributed by atoms with Gasteiger partial charge in [0.2, 0.25) is 6.10 Å². The van der Waals surface area contributed by atoms with Gasteiger partial charge in [-0.05, 0) is 23.1 Å². The molecule has 0 aliphatic heterocycles. The van der Waals surface area contributed by atoms with Crippen LogP contribution in [0.3, 0.4) is 0 Å². The molecule has 2 rings (SSSR count). The van der Waals surface area contributed by atoms with Crippen molar-refractivity contribution in [3.8, 4) is 5.75 Å². The number of rotatable bonds is 6. The SMILES string of the molecule is CNC(=O)NC(=O)[C@@H](OC(=O)COc1ccc(C(C)(C)C)cc1)c1ccccc1. The smallest absolute Gasteiger partial charge is 0.345 e. The van der Waals surface area contributed by atoms with Gasteiger partial charge in [0, 0.05) is 12.6 Å². The summed E-state index contributed by atoms with van der Waals surface area (Å²) in [6.07, 6.45) is -1.27. The highest BCUT2D eigenvalue weighted by molar-refractivity contribution is 5.97. The third-order valence-corrected chi connectivity index (χ3v) is 4.13. The summed E-state index contributed by atoms with van der Waals surface area (Å²) >= 11 is 0. The molecule has 2 aromatic carbocycles. The lowest BCUT2D eigenvalue weighted by atomic mass is 9.87. The van der Waals surface area contributed by atoms with Crippen molar-refractivity contribution in [3.63, 3.8) is 0 Å². The standard InChI is InChI=1S/C22H26N2O5/c1-22(2,3)16-10-12-17(13-11-16)28-14-18(25)29-19(15-8-6-5-7-9-15)20(26)24-21(27)23-4/h5-13,19H,14H2,1-4H3,(H2,23,24,26,27)/t19-/m0/s1. The zero-order chi connectivity index (χ0) is 21.4. The van der Waals surface area contributed by atoms with Crippen LogP contribution >= 0.6 is 0 Å². The molecule has 0 aliphatic carbocycles. The molecule has 0 aliphatic rings. The highest BCUT2D eigenvalue weighted by Crippen LogP contribution is 2.24. The predicted octanol–water partition coefficient (Wildman–Crippen LogP) is 3.10. The van der Waals surface area contributed by atoms with Crippen LogP contribution in [-0.4, -0.2) is 31.6 Å². The summed E-state index contributed by atoms with van der Waals surface area (Å²) in [4.78, 5) is 36.1. The van der Waals surface area contributed by atoms with E-state index < -0.39 is 24.0 Å². The average molecular weight is 398 g/mol. The summed E-state index contributed by atoms with van der Waals surface area (Å²) in [5.41, 5.74) is 1.60. The molecule has 2 aromatic rings. The van der Waals surface area contributed by atoms with Crippen LogP contribution in [-0.2, 0) is 19.7 Å². The molecular weight excluding hydrogens is 372 g/mol. The number of benzene rings is 2. The molecule has 0 radical (unpaired) electrons. The van der Waals surface area contributed by atoms with Gasteiger partial charge in [-0.15, -0.1) is 0 Å². The van der Waals surface area contributed by atoms with Crippen molar-refractivity contribution >= 4 is 17.9 Å². The molecule has 2 N–H and O–H groups in total. The van der Waals surface area contributed by atoms with Gasteiger partial charge in [0.05, 0.1) is 0 Å². The number of hydrogen-bond acceptors (Lipinski definition) is 5. The zero-order valence-electron chi connectivity index (χ0n) is 17.0. The first-order valence-corrected chi connectivity index (χ1v) is 9.21. The minimum atomic E-state index is -1.27. The van der Waals surface area contributed by atoms with E-state index in [2.05, 4.69) is 31.4 Å². The molecule has 0 unspecified atom stereocenters. The van der Waals surface area contributed by atoms with E-state index in [9.17, 15) is 14.4 Å². The second kappa shape index (κ2) is 9.73. The third-order valence-electron chi connectivity index (χ3n) is 4.13. The molecule has 0 saturated heterocycles. The molecule has 7 nitrogen and oxygen atoms in total. The Balaban J connectivity index is 2.02. The molecule has 7 heteroatoms. The van der Waals surface area contributed by atoms with Gasteiger partial charge in [0.1, 0.15) is 5.75 Å². The quantitative estimate of drug-likeness (QED) is 0.730. The summed E-state index contributed by atoms with van der Waals surface area (Å²) in [5, 5.41) is 4.40. The number of hydrogen-bond donors (Lipinski definition) is 2. The van der Waals surface area contributed by atoms with Crippen LogP contribution in [0.15, 0.2) is 54.6 Å². The maximum absolute atomic E-state index is 12.4. The molecular formula is C22H26N2O5. The van der Waals surface area contributed by atoms with Gasteiger partial charge in [-0.3, -0.25) is 10.1 Å². The lowest BCUT2D eigenvalue weighted by molar-refractivity contribution is -0.158. The van der Waals surface area contributed by atoms with Crippen LogP contribution in [0.2, 0.25) is 0 Å². The topological polar surface area (TPSA) is 93.7 Å². The lowest BCUT2D eigenvalue weighted by Crippen LogP contribution is -2.41. The Labute approximate surface area is 170 Å². The fourth-order valence-corrected chi connectivity index (χ4v) is 2.50. The number of urea groups is 1. The first-order chi connectivity index (χ1) is 13.7. The van der Waals surface area contributed by atoms with Crippen LogP contribution in [0, 0.1) is 0 Å². The zero-order valence-corrected chi connectivity index (χ0v) is 17.0. The summed E-state index contributed by atoms with van der Waals surface area (Å²) in [6, 6.07) is 15.2. The van der Waals surface area contributed by atoms with Crippen molar-refractivity contribution in [2.75, 3.05) is 13.7 Å². The molecule has 1 atom stereocenters. The molecule has 0 saturated carbocycles. The Bertz CT molecular complexity index is 842. The first-order valence-electron chi connectivity index (χ1n) is 9.21. The van der Waals surface area contributed by atoms with Crippen molar-refractivity contribution < 1.29 is 23.9 Å². The number of nitrogens with one attached hydrogen (secondary N) is 2. The van der Waals surface area contributed by atoms with E-state index in [4.69, 9.17) is 9.47 Å². The van der Waals surface area contributed by atoms with E-state index in [-0.39, 0.29) is 12.0 Å². The van der Waals surface area contributed by atoms with Gasteiger partial charge in [0.25, 0.3) is 5.91 Å². The van der Waals surface area contributed by atoms with Crippen molar-refractivity contribution in [3.05, 3.63) is 65.7 Å². The molecule has 0 bridgehead atoms. The van der Waals surface area contributed by atoms with Gasteiger partial charge in [0.15, 0.2) is 6.61 Å². The molecule has 0 fully saturated rings. The van der Waals surface area contributed by atoms with Crippen LogP contribution in [0.1, 0.15) is 38.0 Å². The summed E-state index contributed by atoms with van der Waals surface area (Å²) in [7, 11) is 1.38. The Morgan fingerprint density at radius 2 is 1.59 bits per heavy atom. The highest BCUT2D eigenvalue weighted by Gasteiger charge is 2.26. The lowest BCUT2D eigenvalue weighted by Gasteiger charge is -2.19. The van der Waals surface area contributed by atoms with E-state index in [1.807, 2.05) is 12.1 Å². The van der Waals surface area contributed by atoms with E-state index >= 15 is 0 Å². The molecule has 0 heterocycles. The first kappa shape index (κ1) is 21.9. The number of imide groups is 1. The third kappa shape index (κ3) is 6.64. The van der Waals surface area contributed by atoms with Crippen LogP contribution in [0.5, 0.6) is 5.75 Å². The van der Waals surface area contributed by atoms with E-state index in [0.717, 1.165) is 5.56 Å². The maximum Gasteiger partial charge on any atom is 0.345 e. The number of amides is 3. The molecule has 0 spiro atoms. The normalized spacial score (nSPS) is 11.9. The fourth-order valence-electron chi connectivity index (χ4n) is 2.50. The second-order valence-electron chi connectivity index (χ2n) is 7.41. The van der Waals surface area contributed by atoms with Crippen molar-refractivity contribution in [1.82, 2.24) is 10.6 Å². The van der Waals surface area contributed by atoms with Gasteiger partial charge >= 0.3 is 12.0 Å². The van der Waals surface area contributed by atoms with Gasteiger partial charge in [-0.2, -0.15) is 0 Å². The van der Waals surface area contributed by atoms with E-state index in [0.29, 0.717) is 11.3 Å². The molecule has 3 amide bonds. The van der Waals surface area contributed by atoms with Crippen LogP contribution in [0.25, 0.3) is 0 Å². The average Bonchev–Trinajstić information content (AvgIpc) is 2.70. The summed E-state index contributed by atoms with van der Waals surface area (Å²) in [5.74, 6) is -0.967. The number of ether oxygens (including phenoxy) is 2. The molecule has 29 heavy (non-hydrogen) atoms. The number of esters is 1. The van der Waals surface area contributed by atoms with Crippen molar-refractivity contribution in [2.45, 2.75) is 32.3 Å². The largest absolute Gasteiger partial charge is 0.482 e. The second-order valence-corrected chi connectivity index (χ2v) is 7.41. The van der Waals surface area contributed by atoms with Gasteiger partial charge in [-0.25, -0.2) is 9.59 Å². The molecule has 0 aromatic heterocycles. The van der Waals surface area contributed by atoms with Crippen molar-refractivity contribution in [1.29, 1.82) is 0 Å². The van der Waals surface area contributed by atoms with Gasteiger partial charge in [-0.1, -0.05) is 63.2 Å². The number of carbonyl (C=O) groups excluding carboxylic acids is 3. The Morgan fingerprint density at radius 1 is 0.966 bits per heavy atom. The fraction of sp³-hybridized carbons (Fsp3) is 0.318. The Kier molecular flexibility index (Phi) is 7.36. The van der Waals surface area contributed by atoms with Crippen LogP contribution < -0.4 is 15.4 Å². The van der Waals surface area contributed by atoms with Crippen molar-refractivity contribution in [2.24, 2.45) is 0 Å². The minimum Gasteiger partial charge on any atom is -0.482 e. The van der Waals surface area contributed by atoms with E-state index in [1.54, 1.807) is 42.5 Å². The Hall–Kier alpha value is -3.35. The van der Waals surface area contributed by atoms with Crippen LogP contribution in [0.4, 0.5) is 4.79 Å². The Morgan fingerprint density at radius 3 is 2.14 bits per heavy atom. The predicted molar refractivity (Wildman–Crippen MR) is 109 cm³/mol. The summed E-state index contributed by atoms with van der Waals surface area (Å²) < 4.78 is 10.8.